The maximum atomic E-state index is 13.4. The predicted octanol–water partition coefficient (Wildman–Crippen LogP) is 3.68. The SMILES string of the molecule is CC[SH]=S(=N)=C1C=CC=CC1CNc1nonc1C(=NO)Nc1ccc(F)c(Br)c1. The molecule has 3 rings (SSSR count). The summed E-state index contributed by atoms with van der Waals surface area (Å²) < 4.78 is 26.9. The van der Waals surface area contributed by atoms with Gasteiger partial charge in [0.2, 0.25) is 11.7 Å². The third-order valence-corrected chi connectivity index (χ3v) is 8.24. The smallest absolute Gasteiger partial charge is 0.203 e. The molecule has 1 atom stereocenters. The molecule has 1 aromatic carbocycles. The molecule has 0 spiro atoms. The highest BCUT2D eigenvalue weighted by molar-refractivity contribution is 9.10. The van der Waals surface area contributed by atoms with Crippen LogP contribution in [0.4, 0.5) is 15.9 Å². The molecule has 1 unspecified atom stereocenters. The van der Waals surface area contributed by atoms with Crippen LogP contribution in [0.25, 0.3) is 0 Å². The molecule has 2 aromatic rings. The largest absolute Gasteiger partial charge is 0.409 e. The Balaban J connectivity index is 1.77. The Labute approximate surface area is 185 Å². The van der Waals surface area contributed by atoms with Gasteiger partial charge in [0.25, 0.3) is 0 Å². The quantitative estimate of drug-likeness (QED) is 0.100. The van der Waals surface area contributed by atoms with Gasteiger partial charge in [-0.25, -0.2) is 9.02 Å². The molecule has 0 fully saturated rings. The molecule has 12 heteroatoms. The summed E-state index contributed by atoms with van der Waals surface area (Å²) in [6, 6.07) is 4.27. The molecule has 8 nitrogen and oxygen atoms in total. The Morgan fingerprint density at radius 3 is 3.00 bits per heavy atom. The molecule has 1 aromatic heterocycles. The van der Waals surface area contributed by atoms with Crippen molar-refractivity contribution < 1.29 is 14.2 Å². The number of anilines is 2. The number of oxime groups is 1. The van der Waals surface area contributed by atoms with Crippen molar-refractivity contribution in [2.24, 2.45) is 11.1 Å². The normalized spacial score (nSPS) is 16.0. The minimum Gasteiger partial charge on any atom is -0.409 e. The molecule has 0 bridgehead atoms. The second-order valence-corrected chi connectivity index (χ2v) is 10.7. The minimum atomic E-state index is -0.591. The number of aromatic nitrogens is 2. The first-order valence-corrected chi connectivity index (χ1v) is 12.6. The lowest BCUT2D eigenvalue weighted by Gasteiger charge is -2.16. The number of hydrogen-bond acceptors (Lipinski definition) is 7. The summed E-state index contributed by atoms with van der Waals surface area (Å²) in [6.45, 7) is 2.53. The third kappa shape index (κ3) is 5.37. The van der Waals surface area contributed by atoms with Crippen molar-refractivity contribution in [2.45, 2.75) is 6.92 Å². The van der Waals surface area contributed by atoms with Gasteiger partial charge in [0, 0.05) is 23.0 Å². The number of thiol groups is 1. The van der Waals surface area contributed by atoms with Gasteiger partial charge in [-0.05, 0) is 56.3 Å². The lowest BCUT2D eigenvalue weighted by atomic mass is 10.0. The second kappa shape index (κ2) is 10.5. The van der Waals surface area contributed by atoms with Crippen LogP contribution >= 0.6 is 15.9 Å². The summed E-state index contributed by atoms with van der Waals surface area (Å²) in [5.41, 5.74) is 0.657. The zero-order chi connectivity index (χ0) is 21.5. The Hall–Kier alpha value is -2.44. The summed E-state index contributed by atoms with van der Waals surface area (Å²) in [5, 5.41) is 26.4. The number of benzene rings is 1. The Bertz CT molecular complexity index is 1160. The number of rotatable bonds is 6. The number of nitrogens with zero attached hydrogens (tertiary/aromatic N) is 3. The third-order valence-electron chi connectivity index (χ3n) is 4.05. The first-order chi connectivity index (χ1) is 14.5. The monoisotopic (exact) mass is 514 g/mol. The molecule has 0 saturated heterocycles. The molecular formula is C18H20BrFN6O2S2. The topological polar surface area (TPSA) is 119 Å². The van der Waals surface area contributed by atoms with Crippen molar-refractivity contribution in [3.8, 4) is 0 Å². The summed E-state index contributed by atoms with van der Waals surface area (Å²) >= 11 is 3.11. The summed E-state index contributed by atoms with van der Waals surface area (Å²) in [4.78, 5) is 1.04. The highest BCUT2D eigenvalue weighted by Gasteiger charge is 2.20. The molecular weight excluding hydrogens is 495 g/mol. The van der Waals surface area contributed by atoms with Crippen molar-refractivity contribution in [1.29, 1.82) is 4.78 Å². The number of hydrogen-bond donors (Lipinski definition) is 5. The highest BCUT2D eigenvalue weighted by Crippen LogP contribution is 2.21. The average Bonchev–Trinajstić information content (AvgIpc) is 3.21. The second-order valence-electron chi connectivity index (χ2n) is 6.03. The maximum absolute atomic E-state index is 13.4. The predicted molar refractivity (Wildman–Crippen MR) is 125 cm³/mol. The van der Waals surface area contributed by atoms with Crippen molar-refractivity contribution in [3.05, 3.63) is 58.5 Å². The van der Waals surface area contributed by atoms with E-state index in [0.717, 1.165) is 20.9 Å². The molecule has 0 saturated carbocycles. The zero-order valence-corrected chi connectivity index (χ0v) is 19.1. The van der Waals surface area contributed by atoms with Gasteiger partial charge in [0.15, 0.2) is 5.69 Å². The maximum Gasteiger partial charge on any atom is 0.203 e. The fourth-order valence-corrected chi connectivity index (χ4v) is 5.91. The van der Waals surface area contributed by atoms with E-state index in [1.54, 1.807) is 0 Å². The van der Waals surface area contributed by atoms with E-state index in [-0.39, 0.29) is 27.7 Å². The summed E-state index contributed by atoms with van der Waals surface area (Å²) in [6.07, 6.45) is 7.91. The first kappa shape index (κ1) is 22.2. The Morgan fingerprint density at radius 2 is 2.27 bits per heavy atom. The summed E-state index contributed by atoms with van der Waals surface area (Å²) in [5.74, 6) is 0.815. The van der Waals surface area contributed by atoms with Crippen LogP contribution in [0.3, 0.4) is 0 Å². The van der Waals surface area contributed by atoms with E-state index < -0.39 is 14.7 Å². The van der Waals surface area contributed by atoms with Crippen LogP contribution in [0, 0.1) is 16.5 Å². The van der Waals surface area contributed by atoms with Crippen LogP contribution < -0.4 is 10.6 Å². The van der Waals surface area contributed by atoms with Gasteiger partial charge in [-0.15, -0.1) is 10.3 Å². The molecule has 1 heterocycles. The lowest BCUT2D eigenvalue weighted by Crippen LogP contribution is -2.24. The highest BCUT2D eigenvalue weighted by atomic mass is 79.9. The number of nitrogens with one attached hydrogen (secondary N) is 3. The van der Waals surface area contributed by atoms with E-state index in [9.17, 15) is 9.60 Å². The number of allylic oxidation sites excluding steroid dienone is 3. The van der Waals surface area contributed by atoms with Crippen LogP contribution in [0.15, 0.2) is 56.8 Å². The van der Waals surface area contributed by atoms with Gasteiger partial charge < -0.3 is 15.8 Å². The van der Waals surface area contributed by atoms with Crippen LogP contribution in [-0.2, 0) is 19.2 Å². The first-order valence-electron chi connectivity index (χ1n) is 8.89. The molecule has 1 aliphatic carbocycles. The van der Waals surface area contributed by atoms with Crippen molar-refractivity contribution in [2.75, 3.05) is 22.9 Å². The molecule has 1 aliphatic rings. The van der Waals surface area contributed by atoms with Crippen LogP contribution in [-0.4, -0.2) is 38.5 Å². The van der Waals surface area contributed by atoms with Gasteiger partial charge in [0.05, 0.1) is 4.47 Å². The molecule has 0 amide bonds. The van der Waals surface area contributed by atoms with Gasteiger partial charge in [0.1, 0.15) is 5.82 Å². The molecule has 160 valence electrons. The Kier molecular flexibility index (Phi) is 7.82. The fourth-order valence-electron chi connectivity index (χ4n) is 2.66. The van der Waals surface area contributed by atoms with E-state index in [1.807, 2.05) is 24.3 Å². The number of amidine groups is 1. The van der Waals surface area contributed by atoms with Crippen molar-refractivity contribution in [1.82, 2.24) is 10.3 Å². The molecule has 30 heavy (non-hydrogen) atoms. The van der Waals surface area contributed by atoms with Gasteiger partial charge >= 0.3 is 0 Å². The standard InChI is InChI=1S/C18H20BrFN6O2S2/c1-2-29-30(21)15-6-4-3-5-11(15)10-22-17-16(25-28-26-17)18(24-27)23-12-7-8-14(20)13(19)9-12/h3-9,11,21,27,29H,2,10H2,1H3,(H,22,26)(H,23,24). The van der Waals surface area contributed by atoms with E-state index >= 15 is 0 Å². The lowest BCUT2D eigenvalue weighted by molar-refractivity contribution is 0.305. The van der Waals surface area contributed by atoms with E-state index in [0.29, 0.717) is 12.2 Å². The van der Waals surface area contributed by atoms with Crippen LogP contribution in [0.1, 0.15) is 12.6 Å². The van der Waals surface area contributed by atoms with Crippen LogP contribution in [0.2, 0.25) is 0 Å². The van der Waals surface area contributed by atoms with E-state index in [1.165, 1.54) is 18.2 Å². The van der Waals surface area contributed by atoms with Gasteiger partial charge in [-0.2, -0.15) is 0 Å². The molecule has 0 radical (unpaired) electrons. The van der Waals surface area contributed by atoms with Gasteiger partial charge in [-0.1, -0.05) is 39.1 Å². The summed E-state index contributed by atoms with van der Waals surface area (Å²) in [7, 11) is 0.483. The van der Waals surface area contributed by atoms with Crippen molar-refractivity contribution in [3.63, 3.8) is 0 Å². The molecule has 0 aliphatic heterocycles. The van der Waals surface area contributed by atoms with Gasteiger partial charge in [-0.3, -0.25) is 4.78 Å². The van der Waals surface area contributed by atoms with E-state index in [4.69, 9.17) is 9.41 Å². The fraction of sp³-hybridized carbons (Fsp3) is 0.222. The molecule has 4 N–H and O–H groups in total. The minimum absolute atomic E-state index is 0.00899. The zero-order valence-electron chi connectivity index (χ0n) is 15.8. The Morgan fingerprint density at radius 1 is 1.43 bits per heavy atom. The number of halogens is 2. The van der Waals surface area contributed by atoms with Crippen LogP contribution in [0.5, 0.6) is 0 Å². The van der Waals surface area contributed by atoms with E-state index in [2.05, 4.69) is 49.0 Å². The van der Waals surface area contributed by atoms with Crippen molar-refractivity contribution >= 4 is 57.3 Å². The average molecular weight is 515 g/mol.